The third kappa shape index (κ3) is 8.22. The molecule has 114 valence electrons. The number of hydrogen-bond donors (Lipinski definition) is 0. The lowest BCUT2D eigenvalue weighted by molar-refractivity contribution is -0.246. The van der Waals surface area contributed by atoms with E-state index in [2.05, 4.69) is 0 Å². The lowest BCUT2D eigenvalue weighted by atomic mass is 10.2. The van der Waals surface area contributed by atoms with E-state index in [1.807, 2.05) is 41.5 Å². The molecular formula is C15H30O4. The molecule has 0 unspecified atom stereocenters. The molecule has 4 nitrogen and oxygen atoms in total. The van der Waals surface area contributed by atoms with Gasteiger partial charge in [0.1, 0.15) is 0 Å². The Morgan fingerprint density at radius 1 is 0.842 bits per heavy atom. The molecule has 0 aliphatic rings. The maximum atomic E-state index is 12.1. The molecule has 0 aliphatic heterocycles. The zero-order valence-electron chi connectivity index (χ0n) is 13.5. The van der Waals surface area contributed by atoms with Crippen LogP contribution in [0.3, 0.4) is 0 Å². The molecule has 0 aromatic rings. The van der Waals surface area contributed by atoms with Gasteiger partial charge in [-0.05, 0) is 17.8 Å². The number of rotatable bonds is 9. The average molecular weight is 274 g/mol. The summed E-state index contributed by atoms with van der Waals surface area (Å²) < 4.78 is 16.5. The molecule has 19 heavy (non-hydrogen) atoms. The molecule has 0 rings (SSSR count). The Labute approximate surface area is 117 Å². The quantitative estimate of drug-likeness (QED) is 0.478. The van der Waals surface area contributed by atoms with Crippen LogP contribution < -0.4 is 0 Å². The summed E-state index contributed by atoms with van der Waals surface area (Å²) in [5.41, 5.74) is 0. The molecular weight excluding hydrogens is 244 g/mol. The van der Waals surface area contributed by atoms with Crippen molar-refractivity contribution in [3.05, 3.63) is 0 Å². The van der Waals surface area contributed by atoms with Crippen molar-refractivity contribution >= 4 is 5.97 Å². The smallest absolute Gasteiger partial charge is 0.366 e. The lowest BCUT2D eigenvalue weighted by Gasteiger charge is -2.29. The molecule has 0 aromatic carbocycles. The number of carbonyl (C=O) groups excluding carboxylic acids is 1. The molecule has 4 heteroatoms. The molecule has 0 aliphatic carbocycles. The summed E-state index contributed by atoms with van der Waals surface area (Å²) in [5, 5.41) is 0. The first kappa shape index (κ1) is 18.4. The predicted octanol–water partition coefficient (Wildman–Crippen LogP) is 3.25. The highest BCUT2D eigenvalue weighted by molar-refractivity contribution is 5.77. The molecule has 0 fully saturated rings. The van der Waals surface area contributed by atoms with Crippen LogP contribution in [0.2, 0.25) is 0 Å². The first-order valence-corrected chi connectivity index (χ1v) is 7.12. The Kier molecular flexibility index (Phi) is 8.26. The predicted molar refractivity (Wildman–Crippen MR) is 75.8 cm³/mol. The van der Waals surface area contributed by atoms with Gasteiger partial charge in [0.25, 0.3) is 5.79 Å². The minimum absolute atomic E-state index is 0.295. The summed E-state index contributed by atoms with van der Waals surface area (Å²) in [4.78, 5) is 12.1. The molecule has 0 saturated carbocycles. The maximum Gasteiger partial charge on any atom is 0.366 e. The fourth-order valence-electron chi connectivity index (χ4n) is 1.18. The van der Waals surface area contributed by atoms with Gasteiger partial charge in [-0.2, -0.15) is 0 Å². The van der Waals surface area contributed by atoms with E-state index in [-0.39, 0.29) is 0 Å². The van der Waals surface area contributed by atoms with Crippen LogP contribution in [0.5, 0.6) is 0 Å². The first-order valence-electron chi connectivity index (χ1n) is 7.12. The van der Waals surface area contributed by atoms with Crippen LogP contribution in [0, 0.1) is 17.8 Å². The van der Waals surface area contributed by atoms with E-state index in [1.165, 1.54) is 0 Å². The third-order valence-electron chi connectivity index (χ3n) is 2.30. The van der Waals surface area contributed by atoms with E-state index in [9.17, 15) is 4.79 Å². The van der Waals surface area contributed by atoms with Crippen LogP contribution in [0.15, 0.2) is 0 Å². The van der Waals surface area contributed by atoms with Crippen molar-refractivity contribution in [1.82, 2.24) is 0 Å². The van der Waals surface area contributed by atoms with Gasteiger partial charge in [0.15, 0.2) is 0 Å². The number of ether oxygens (including phenoxy) is 3. The van der Waals surface area contributed by atoms with E-state index in [0.717, 1.165) is 0 Å². The fourth-order valence-corrected chi connectivity index (χ4v) is 1.18. The van der Waals surface area contributed by atoms with Gasteiger partial charge in [0.05, 0.1) is 19.8 Å². The molecule has 0 amide bonds. The van der Waals surface area contributed by atoms with Gasteiger partial charge < -0.3 is 14.2 Å². The molecule has 0 saturated heterocycles. The van der Waals surface area contributed by atoms with Crippen LogP contribution in [0.4, 0.5) is 0 Å². The van der Waals surface area contributed by atoms with Crippen LogP contribution in [0.1, 0.15) is 48.5 Å². The van der Waals surface area contributed by atoms with Crippen LogP contribution in [-0.4, -0.2) is 31.6 Å². The molecule has 0 spiro atoms. The minimum Gasteiger partial charge on any atom is -0.461 e. The van der Waals surface area contributed by atoms with Crippen molar-refractivity contribution < 1.29 is 19.0 Å². The van der Waals surface area contributed by atoms with Gasteiger partial charge >= 0.3 is 5.97 Å². The molecule has 0 radical (unpaired) electrons. The van der Waals surface area contributed by atoms with E-state index in [4.69, 9.17) is 14.2 Å². The van der Waals surface area contributed by atoms with Crippen molar-refractivity contribution in [3.63, 3.8) is 0 Å². The Bertz CT molecular complexity index is 247. The monoisotopic (exact) mass is 274 g/mol. The molecule has 0 atom stereocenters. The van der Waals surface area contributed by atoms with E-state index in [1.54, 1.807) is 6.92 Å². The Morgan fingerprint density at radius 2 is 1.21 bits per heavy atom. The van der Waals surface area contributed by atoms with Gasteiger partial charge in [-0.3, -0.25) is 0 Å². The number of hydrogen-bond acceptors (Lipinski definition) is 4. The second-order valence-corrected chi connectivity index (χ2v) is 6.35. The Hall–Kier alpha value is -0.610. The van der Waals surface area contributed by atoms with Crippen LogP contribution >= 0.6 is 0 Å². The van der Waals surface area contributed by atoms with Gasteiger partial charge in [0, 0.05) is 6.92 Å². The van der Waals surface area contributed by atoms with Crippen molar-refractivity contribution in [3.8, 4) is 0 Å². The average Bonchev–Trinajstić information content (AvgIpc) is 2.30. The summed E-state index contributed by atoms with van der Waals surface area (Å²) in [5.74, 6) is -0.783. The second-order valence-electron chi connectivity index (χ2n) is 6.35. The van der Waals surface area contributed by atoms with Crippen molar-refractivity contribution in [1.29, 1.82) is 0 Å². The summed E-state index contributed by atoms with van der Waals surface area (Å²) >= 11 is 0. The van der Waals surface area contributed by atoms with Gasteiger partial charge in [-0.25, -0.2) is 4.79 Å². The topological polar surface area (TPSA) is 44.8 Å². The number of esters is 1. The largest absolute Gasteiger partial charge is 0.461 e. The highest BCUT2D eigenvalue weighted by atomic mass is 16.7. The molecule has 0 aromatic heterocycles. The van der Waals surface area contributed by atoms with Crippen molar-refractivity contribution in [2.45, 2.75) is 54.3 Å². The Morgan fingerprint density at radius 3 is 1.53 bits per heavy atom. The van der Waals surface area contributed by atoms with Crippen LogP contribution in [0.25, 0.3) is 0 Å². The first-order chi connectivity index (χ1) is 8.67. The van der Waals surface area contributed by atoms with Gasteiger partial charge in [-0.1, -0.05) is 41.5 Å². The SMILES string of the molecule is CC(C)COC(=O)C(C)(OCC(C)C)OCC(C)C. The maximum absolute atomic E-state index is 12.1. The normalized spacial score (nSPS) is 12.5. The Balaban J connectivity index is 4.57. The molecule has 0 heterocycles. The molecule has 0 bridgehead atoms. The lowest BCUT2D eigenvalue weighted by Crippen LogP contribution is -2.44. The van der Waals surface area contributed by atoms with Gasteiger partial charge in [0.2, 0.25) is 0 Å². The molecule has 0 N–H and O–H groups in total. The van der Waals surface area contributed by atoms with Crippen LogP contribution in [-0.2, 0) is 19.0 Å². The number of carbonyl (C=O) groups is 1. The highest BCUT2D eigenvalue weighted by Crippen LogP contribution is 2.18. The standard InChI is InChI=1S/C15H30O4/c1-11(2)8-17-14(16)15(7,18-9-12(3)4)19-10-13(5)6/h11-13H,8-10H2,1-7H3. The minimum atomic E-state index is -1.30. The fraction of sp³-hybridized carbons (Fsp3) is 0.933. The zero-order chi connectivity index (χ0) is 15.1. The summed E-state index contributed by atoms with van der Waals surface area (Å²) in [6, 6.07) is 0. The third-order valence-corrected chi connectivity index (χ3v) is 2.30. The summed E-state index contributed by atoms with van der Waals surface area (Å²) in [6.45, 7) is 15.1. The summed E-state index contributed by atoms with van der Waals surface area (Å²) in [7, 11) is 0. The summed E-state index contributed by atoms with van der Waals surface area (Å²) in [6.07, 6.45) is 0. The highest BCUT2D eigenvalue weighted by Gasteiger charge is 2.38. The zero-order valence-corrected chi connectivity index (χ0v) is 13.5. The van der Waals surface area contributed by atoms with Gasteiger partial charge in [-0.15, -0.1) is 0 Å². The van der Waals surface area contributed by atoms with Crippen molar-refractivity contribution in [2.24, 2.45) is 17.8 Å². The van der Waals surface area contributed by atoms with E-state index < -0.39 is 11.8 Å². The van der Waals surface area contributed by atoms with Crippen molar-refractivity contribution in [2.75, 3.05) is 19.8 Å². The van der Waals surface area contributed by atoms with E-state index >= 15 is 0 Å². The second kappa shape index (κ2) is 8.54. The van der Waals surface area contributed by atoms with E-state index in [0.29, 0.717) is 37.6 Å².